The maximum Gasteiger partial charge on any atom is 0.427 e. The first kappa shape index (κ1) is 20.9. The molecule has 0 unspecified atom stereocenters. The van der Waals surface area contributed by atoms with Crippen molar-refractivity contribution in [1.29, 1.82) is 0 Å². The summed E-state index contributed by atoms with van der Waals surface area (Å²) in [5.74, 6) is 2.61. The predicted molar refractivity (Wildman–Crippen MR) is 105 cm³/mol. The van der Waals surface area contributed by atoms with Crippen LogP contribution < -0.4 is 24.4 Å². The van der Waals surface area contributed by atoms with Crippen LogP contribution in [0, 0.1) is 0 Å². The number of nitrogens with one attached hydrogen (secondary N) is 1. The van der Waals surface area contributed by atoms with E-state index in [0.29, 0.717) is 37.1 Å². The zero-order valence-electron chi connectivity index (χ0n) is 16.1. The molecule has 8 nitrogen and oxygen atoms in total. The van der Waals surface area contributed by atoms with E-state index in [0.717, 1.165) is 11.3 Å². The molecule has 0 saturated heterocycles. The molecule has 0 bridgehead atoms. The maximum absolute atomic E-state index is 11.0. The van der Waals surface area contributed by atoms with Gasteiger partial charge in [0.25, 0.3) is 0 Å². The quantitative estimate of drug-likeness (QED) is 0.382. The Morgan fingerprint density at radius 3 is 2.54 bits per heavy atom. The highest BCUT2D eigenvalue weighted by Crippen LogP contribution is 2.28. The van der Waals surface area contributed by atoms with Gasteiger partial charge in [0, 0.05) is 6.07 Å². The third-order valence-electron chi connectivity index (χ3n) is 3.47. The Morgan fingerprint density at radius 2 is 1.79 bits per heavy atom. The smallest absolute Gasteiger partial charge is 0.427 e. The van der Waals surface area contributed by atoms with Crippen LogP contribution in [0.5, 0.6) is 23.0 Å². The monoisotopic (exact) mass is 388 g/mol. The molecule has 0 heterocycles. The van der Waals surface area contributed by atoms with Crippen LogP contribution in [0.3, 0.4) is 0 Å². The number of nitrogens with zero attached hydrogens (tertiary/aromatic N) is 1. The third kappa shape index (κ3) is 6.71. The van der Waals surface area contributed by atoms with Gasteiger partial charge in [0.15, 0.2) is 11.5 Å². The van der Waals surface area contributed by atoms with E-state index in [1.807, 2.05) is 31.2 Å². The topological polar surface area (TPSA) is 87.6 Å². The van der Waals surface area contributed by atoms with Crippen molar-refractivity contribution < 1.29 is 28.5 Å². The van der Waals surface area contributed by atoms with Crippen molar-refractivity contribution in [3.63, 3.8) is 0 Å². The van der Waals surface area contributed by atoms with Crippen molar-refractivity contribution in [1.82, 2.24) is 5.43 Å². The van der Waals surface area contributed by atoms with E-state index in [2.05, 4.69) is 15.3 Å². The lowest BCUT2D eigenvalue weighted by Crippen LogP contribution is -2.16. The number of hydrogen-bond acceptors (Lipinski definition) is 7. The molecule has 2 aromatic carbocycles. The summed E-state index contributed by atoms with van der Waals surface area (Å²) in [5.41, 5.74) is 2.96. The highest BCUT2D eigenvalue weighted by molar-refractivity contribution is 5.82. The van der Waals surface area contributed by atoms with E-state index >= 15 is 0 Å². The Morgan fingerprint density at radius 1 is 1.00 bits per heavy atom. The summed E-state index contributed by atoms with van der Waals surface area (Å²) in [5, 5.41) is 3.79. The average Bonchev–Trinajstić information content (AvgIpc) is 2.72. The molecule has 0 aliphatic carbocycles. The molecule has 28 heavy (non-hydrogen) atoms. The molecule has 0 fully saturated rings. The first-order valence-electron chi connectivity index (χ1n) is 8.69. The van der Waals surface area contributed by atoms with Crippen LogP contribution >= 0.6 is 0 Å². The van der Waals surface area contributed by atoms with Crippen LogP contribution in [0.4, 0.5) is 4.79 Å². The molecular formula is C20H24N2O6. The molecule has 0 radical (unpaired) electrons. The number of amides is 1. The van der Waals surface area contributed by atoms with Gasteiger partial charge in [-0.15, -0.1) is 0 Å². The molecule has 0 aromatic heterocycles. The molecule has 2 rings (SSSR count). The Bertz CT molecular complexity index is 794. The molecule has 2 aromatic rings. The Hall–Kier alpha value is -3.42. The number of hydrazone groups is 1. The van der Waals surface area contributed by atoms with Crippen LogP contribution in [-0.4, -0.2) is 46.3 Å². The molecule has 1 N–H and O–H groups in total. The van der Waals surface area contributed by atoms with Crippen molar-refractivity contribution in [3.8, 4) is 23.0 Å². The van der Waals surface area contributed by atoms with Gasteiger partial charge >= 0.3 is 6.09 Å². The minimum Gasteiger partial charge on any atom is -0.497 e. The zero-order chi connectivity index (χ0) is 20.2. The third-order valence-corrected chi connectivity index (χ3v) is 3.47. The number of methoxy groups -OCH3 is 2. The van der Waals surface area contributed by atoms with Gasteiger partial charge in [-0.1, -0.05) is 6.07 Å². The van der Waals surface area contributed by atoms with Crippen LogP contribution in [0.1, 0.15) is 12.5 Å². The van der Waals surface area contributed by atoms with Crippen LogP contribution in [0.2, 0.25) is 0 Å². The van der Waals surface area contributed by atoms with Crippen molar-refractivity contribution in [2.45, 2.75) is 6.92 Å². The maximum atomic E-state index is 11.0. The van der Waals surface area contributed by atoms with Gasteiger partial charge in [0.1, 0.15) is 24.7 Å². The number of ether oxygens (including phenoxy) is 5. The van der Waals surface area contributed by atoms with Crippen molar-refractivity contribution in [2.24, 2.45) is 5.10 Å². The Labute approximate surface area is 164 Å². The Kier molecular flexibility index (Phi) is 8.45. The molecule has 1 amide bonds. The molecule has 0 aliphatic rings. The molecule has 0 atom stereocenters. The molecule has 0 saturated carbocycles. The number of carbonyl (C=O) groups excluding carboxylic acids is 1. The SMILES string of the molecule is CCOc1cc(/C=N/NC(=O)OC)ccc1OCCOc1cccc(OC)c1. The summed E-state index contributed by atoms with van der Waals surface area (Å²) in [4.78, 5) is 11.0. The first-order chi connectivity index (χ1) is 13.7. The minimum absolute atomic E-state index is 0.342. The van der Waals surface area contributed by atoms with Crippen LogP contribution in [0.25, 0.3) is 0 Å². The number of hydrogen-bond donors (Lipinski definition) is 1. The summed E-state index contributed by atoms with van der Waals surface area (Å²) in [6.45, 7) is 3.08. The highest BCUT2D eigenvalue weighted by Gasteiger charge is 2.07. The van der Waals surface area contributed by atoms with E-state index in [9.17, 15) is 4.79 Å². The van der Waals surface area contributed by atoms with E-state index in [4.69, 9.17) is 18.9 Å². The van der Waals surface area contributed by atoms with Crippen molar-refractivity contribution in [3.05, 3.63) is 48.0 Å². The van der Waals surface area contributed by atoms with Gasteiger partial charge < -0.3 is 23.7 Å². The minimum atomic E-state index is -0.641. The van der Waals surface area contributed by atoms with Gasteiger partial charge in [-0.05, 0) is 42.8 Å². The molecule has 8 heteroatoms. The summed E-state index contributed by atoms with van der Waals surface area (Å²) in [6.07, 6.45) is 0.840. The largest absolute Gasteiger partial charge is 0.497 e. The summed E-state index contributed by atoms with van der Waals surface area (Å²) in [6, 6.07) is 12.7. The van der Waals surface area contributed by atoms with E-state index in [1.165, 1.54) is 13.3 Å². The molecule has 150 valence electrons. The van der Waals surface area contributed by atoms with Gasteiger partial charge in [-0.25, -0.2) is 10.2 Å². The summed E-state index contributed by atoms with van der Waals surface area (Å²) >= 11 is 0. The molecule has 0 aliphatic heterocycles. The van der Waals surface area contributed by atoms with Gasteiger partial charge in [0.05, 0.1) is 27.0 Å². The summed E-state index contributed by atoms with van der Waals surface area (Å²) < 4.78 is 26.6. The van der Waals surface area contributed by atoms with E-state index < -0.39 is 6.09 Å². The second-order valence-corrected chi connectivity index (χ2v) is 5.38. The second-order valence-electron chi connectivity index (χ2n) is 5.38. The fraction of sp³-hybridized carbons (Fsp3) is 0.300. The normalized spacial score (nSPS) is 10.4. The van der Waals surface area contributed by atoms with Crippen molar-refractivity contribution >= 4 is 12.3 Å². The van der Waals surface area contributed by atoms with Crippen LogP contribution in [-0.2, 0) is 4.74 Å². The number of carbonyl (C=O) groups is 1. The second kappa shape index (κ2) is 11.3. The summed E-state index contributed by atoms with van der Waals surface area (Å²) in [7, 11) is 2.87. The lowest BCUT2D eigenvalue weighted by Gasteiger charge is -2.13. The van der Waals surface area contributed by atoms with Gasteiger partial charge in [0.2, 0.25) is 0 Å². The fourth-order valence-corrected chi connectivity index (χ4v) is 2.20. The van der Waals surface area contributed by atoms with Gasteiger partial charge in [-0.3, -0.25) is 0 Å². The van der Waals surface area contributed by atoms with E-state index in [-0.39, 0.29) is 0 Å². The van der Waals surface area contributed by atoms with Crippen LogP contribution in [0.15, 0.2) is 47.6 Å². The fourth-order valence-electron chi connectivity index (χ4n) is 2.20. The zero-order valence-corrected chi connectivity index (χ0v) is 16.1. The van der Waals surface area contributed by atoms with E-state index in [1.54, 1.807) is 25.3 Å². The standard InChI is InChI=1S/C20H24N2O6/c1-4-26-19-12-15(14-21-22-20(23)25-3)8-9-18(19)28-11-10-27-17-7-5-6-16(13-17)24-2/h5-9,12-14H,4,10-11H2,1-3H3,(H,22,23)/b21-14+. The first-order valence-corrected chi connectivity index (χ1v) is 8.69. The molecule has 0 spiro atoms. The lowest BCUT2D eigenvalue weighted by atomic mass is 10.2. The van der Waals surface area contributed by atoms with Gasteiger partial charge in [-0.2, -0.15) is 5.10 Å². The number of rotatable bonds is 10. The lowest BCUT2D eigenvalue weighted by molar-refractivity contribution is 0.171. The Balaban J connectivity index is 1.91. The highest BCUT2D eigenvalue weighted by atomic mass is 16.5. The molecular weight excluding hydrogens is 364 g/mol. The van der Waals surface area contributed by atoms with Crippen molar-refractivity contribution in [2.75, 3.05) is 34.0 Å². The number of benzene rings is 2. The predicted octanol–water partition coefficient (Wildman–Crippen LogP) is 3.24. The average molecular weight is 388 g/mol.